The molecule has 20 heavy (non-hydrogen) atoms. The molecular formula is C14H15N5O. The standard InChI is InChI=1S/C14H15N5O/c1-3-12-17-13(19-16)9(2)14(18-12)20-11-6-4-5-10(7-11)8-15/h4-7H,3,16H2,1-2H3,(H,17,18,19). The quantitative estimate of drug-likeness (QED) is 0.653. The van der Waals surface area contributed by atoms with Crippen LogP contribution >= 0.6 is 0 Å². The Bertz CT molecular complexity index is 663. The summed E-state index contributed by atoms with van der Waals surface area (Å²) in [5.74, 6) is 7.59. The first kappa shape index (κ1) is 13.8. The van der Waals surface area contributed by atoms with Crippen LogP contribution in [0.1, 0.15) is 23.9 Å². The second-order valence-corrected chi connectivity index (χ2v) is 4.16. The number of nitrogens with one attached hydrogen (secondary N) is 1. The van der Waals surface area contributed by atoms with Crippen LogP contribution < -0.4 is 16.0 Å². The first-order valence-corrected chi connectivity index (χ1v) is 6.20. The van der Waals surface area contributed by atoms with E-state index in [4.69, 9.17) is 15.8 Å². The lowest BCUT2D eigenvalue weighted by Gasteiger charge is -2.12. The van der Waals surface area contributed by atoms with E-state index in [0.29, 0.717) is 40.8 Å². The van der Waals surface area contributed by atoms with E-state index < -0.39 is 0 Å². The molecule has 0 amide bonds. The van der Waals surface area contributed by atoms with Crippen LogP contribution in [0.3, 0.4) is 0 Å². The van der Waals surface area contributed by atoms with Crippen LogP contribution in [0, 0.1) is 18.3 Å². The molecule has 0 spiro atoms. The van der Waals surface area contributed by atoms with E-state index in [-0.39, 0.29) is 0 Å². The Labute approximate surface area is 117 Å². The normalized spacial score (nSPS) is 9.90. The highest BCUT2D eigenvalue weighted by Gasteiger charge is 2.11. The number of nitrogens with two attached hydrogens (primary N) is 1. The van der Waals surface area contributed by atoms with Gasteiger partial charge in [0, 0.05) is 6.42 Å². The molecule has 3 N–H and O–H groups in total. The van der Waals surface area contributed by atoms with Crippen molar-refractivity contribution in [3.05, 3.63) is 41.2 Å². The number of nitrogens with zero attached hydrogens (tertiary/aromatic N) is 3. The Hall–Kier alpha value is -2.65. The molecule has 0 saturated carbocycles. The zero-order valence-electron chi connectivity index (χ0n) is 11.3. The molecule has 2 aromatic rings. The van der Waals surface area contributed by atoms with E-state index in [1.165, 1.54) is 0 Å². The van der Waals surface area contributed by atoms with Crippen molar-refractivity contribution in [3.8, 4) is 17.7 Å². The Morgan fingerprint density at radius 1 is 1.40 bits per heavy atom. The number of rotatable bonds is 4. The predicted molar refractivity (Wildman–Crippen MR) is 75.2 cm³/mol. The third-order valence-electron chi connectivity index (χ3n) is 2.78. The number of benzene rings is 1. The third-order valence-corrected chi connectivity index (χ3v) is 2.78. The number of anilines is 1. The fraction of sp³-hybridized carbons (Fsp3) is 0.214. The summed E-state index contributed by atoms with van der Waals surface area (Å²) in [5.41, 5.74) is 3.78. The van der Waals surface area contributed by atoms with Gasteiger partial charge in [-0.05, 0) is 25.1 Å². The molecule has 0 aliphatic rings. The topological polar surface area (TPSA) is 96.9 Å². The minimum atomic E-state index is 0.430. The average molecular weight is 269 g/mol. The van der Waals surface area contributed by atoms with Crippen molar-refractivity contribution in [3.63, 3.8) is 0 Å². The molecule has 0 unspecified atom stereocenters. The second kappa shape index (κ2) is 5.99. The molecular weight excluding hydrogens is 254 g/mol. The molecule has 2 rings (SSSR count). The van der Waals surface area contributed by atoms with Gasteiger partial charge in [0.1, 0.15) is 17.4 Å². The van der Waals surface area contributed by atoms with Gasteiger partial charge in [-0.1, -0.05) is 13.0 Å². The maximum atomic E-state index is 8.89. The van der Waals surface area contributed by atoms with Gasteiger partial charge < -0.3 is 10.2 Å². The van der Waals surface area contributed by atoms with Gasteiger partial charge in [0.25, 0.3) is 0 Å². The van der Waals surface area contributed by atoms with Gasteiger partial charge in [0.05, 0.1) is 17.2 Å². The largest absolute Gasteiger partial charge is 0.439 e. The maximum Gasteiger partial charge on any atom is 0.227 e. The smallest absolute Gasteiger partial charge is 0.227 e. The number of hydrazine groups is 1. The molecule has 0 bridgehead atoms. The van der Waals surface area contributed by atoms with E-state index in [1.54, 1.807) is 24.3 Å². The van der Waals surface area contributed by atoms with Crippen LogP contribution in [0.15, 0.2) is 24.3 Å². The van der Waals surface area contributed by atoms with Crippen molar-refractivity contribution >= 4 is 5.82 Å². The zero-order valence-corrected chi connectivity index (χ0v) is 11.3. The van der Waals surface area contributed by atoms with Gasteiger partial charge in [0.15, 0.2) is 0 Å². The van der Waals surface area contributed by atoms with Crippen molar-refractivity contribution in [2.45, 2.75) is 20.3 Å². The summed E-state index contributed by atoms with van der Waals surface area (Å²) in [4.78, 5) is 8.60. The van der Waals surface area contributed by atoms with E-state index in [2.05, 4.69) is 21.5 Å². The van der Waals surface area contributed by atoms with Crippen molar-refractivity contribution in [1.82, 2.24) is 9.97 Å². The summed E-state index contributed by atoms with van der Waals surface area (Å²) in [6.07, 6.45) is 0.670. The Morgan fingerprint density at radius 3 is 2.85 bits per heavy atom. The van der Waals surface area contributed by atoms with Gasteiger partial charge in [-0.2, -0.15) is 10.2 Å². The van der Waals surface area contributed by atoms with Crippen LogP contribution in [-0.2, 0) is 6.42 Å². The number of aryl methyl sites for hydroxylation is 1. The van der Waals surface area contributed by atoms with Gasteiger partial charge in [-0.15, -0.1) is 0 Å². The highest BCUT2D eigenvalue weighted by Crippen LogP contribution is 2.27. The van der Waals surface area contributed by atoms with E-state index in [0.717, 1.165) is 0 Å². The molecule has 0 radical (unpaired) electrons. The molecule has 0 saturated heterocycles. The fourth-order valence-corrected chi connectivity index (χ4v) is 1.68. The molecule has 1 aromatic carbocycles. The lowest BCUT2D eigenvalue weighted by atomic mass is 10.2. The Balaban J connectivity index is 2.39. The van der Waals surface area contributed by atoms with Gasteiger partial charge in [-0.25, -0.2) is 10.8 Å². The molecule has 0 fully saturated rings. The maximum absolute atomic E-state index is 8.89. The summed E-state index contributed by atoms with van der Waals surface area (Å²) >= 11 is 0. The van der Waals surface area contributed by atoms with Crippen molar-refractivity contribution in [1.29, 1.82) is 5.26 Å². The number of aromatic nitrogens is 2. The summed E-state index contributed by atoms with van der Waals surface area (Å²) in [5, 5.41) is 8.89. The van der Waals surface area contributed by atoms with Crippen molar-refractivity contribution in [2.24, 2.45) is 5.84 Å². The molecule has 1 aromatic heterocycles. The van der Waals surface area contributed by atoms with Gasteiger partial charge in [0.2, 0.25) is 5.88 Å². The molecule has 102 valence electrons. The van der Waals surface area contributed by atoms with E-state index in [1.807, 2.05) is 13.8 Å². The highest BCUT2D eigenvalue weighted by molar-refractivity contribution is 5.49. The minimum Gasteiger partial charge on any atom is -0.439 e. The second-order valence-electron chi connectivity index (χ2n) is 4.16. The van der Waals surface area contributed by atoms with E-state index >= 15 is 0 Å². The lowest BCUT2D eigenvalue weighted by molar-refractivity contribution is 0.455. The third kappa shape index (κ3) is 2.84. The summed E-state index contributed by atoms with van der Waals surface area (Å²) < 4.78 is 5.74. The number of nitrogen functional groups attached to an aromatic ring is 1. The van der Waals surface area contributed by atoms with Crippen LogP contribution in [0.4, 0.5) is 5.82 Å². The number of hydrogen-bond donors (Lipinski definition) is 2. The first-order valence-electron chi connectivity index (χ1n) is 6.20. The number of nitriles is 1. The number of hydrogen-bond acceptors (Lipinski definition) is 6. The van der Waals surface area contributed by atoms with E-state index in [9.17, 15) is 0 Å². The average Bonchev–Trinajstić information content (AvgIpc) is 2.49. The monoisotopic (exact) mass is 269 g/mol. The highest BCUT2D eigenvalue weighted by atomic mass is 16.5. The summed E-state index contributed by atoms with van der Waals surface area (Å²) in [7, 11) is 0. The van der Waals surface area contributed by atoms with Gasteiger partial charge in [-0.3, -0.25) is 0 Å². The molecule has 0 aliphatic heterocycles. The van der Waals surface area contributed by atoms with Gasteiger partial charge >= 0.3 is 0 Å². The molecule has 1 heterocycles. The van der Waals surface area contributed by atoms with Crippen LogP contribution in [0.5, 0.6) is 11.6 Å². The first-order chi connectivity index (χ1) is 9.67. The molecule has 0 atom stereocenters. The van der Waals surface area contributed by atoms with Crippen LogP contribution in [0.2, 0.25) is 0 Å². The molecule has 6 nitrogen and oxygen atoms in total. The Kier molecular flexibility index (Phi) is 4.13. The van der Waals surface area contributed by atoms with Crippen LogP contribution in [0.25, 0.3) is 0 Å². The molecule has 6 heteroatoms. The summed E-state index contributed by atoms with van der Waals surface area (Å²) in [6, 6.07) is 8.96. The lowest BCUT2D eigenvalue weighted by Crippen LogP contribution is -2.13. The Morgan fingerprint density at radius 2 is 2.20 bits per heavy atom. The summed E-state index contributed by atoms with van der Waals surface area (Å²) in [6.45, 7) is 3.77. The van der Waals surface area contributed by atoms with Crippen molar-refractivity contribution in [2.75, 3.05) is 5.43 Å². The SMILES string of the molecule is CCc1nc(NN)c(C)c(Oc2cccc(C#N)c2)n1. The fourth-order valence-electron chi connectivity index (χ4n) is 1.68. The number of ether oxygens (including phenoxy) is 1. The zero-order chi connectivity index (χ0) is 14.5. The van der Waals surface area contributed by atoms with Crippen LogP contribution in [-0.4, -0.2) is 9.97 Å². The predicted octanol–water partition coefficient (Wildman–Crippen LogP) is 2.30. The minimum absolute atomic E-state index is 0.430. The van der Waals surface area contributed by atoms with Crippen molar-refractivity contribution < 1.29 is 4.74 Å². The molecule has 0 aliphatic carbocycles.